The highest BCUT2D eigenvalue weighted by Crippen LogP contribution is 2.19. The molecule has 132 valence electrons. The Morgan fingerprint density at radius 3 is 2.56 bits per heavy atom. The molecule has 0 bridgehead atoms. The van der Waals surface area contributed by atoms with Gasteiger partial charge in [-0.1, -0.05) is 41.9 Å². The highest BCUT2D eigenvalue weighted by atomic mass is 35.5. The number of carbonyl (C=O) groups excluding carboxylic acids is 1. The van der Waals surface area contributed by atoms with Crippen LogP contribution in [0.15, 0.2) is 53.9 Å². The summed E-state index contributed by atoms with van der Waals surface area (Å²) in [5.41, 5.74) is 1.09. The number of sulfonamides is 1. The number of nitrogens with one attached hydrogen (secondary N) is 2. The van der Waals surface area contributed by atoms with E-state index in [4.69, 9.17) is 11.6 Å². The first kappa shape index (κ1) is 19.1. The molecule has 5 nitrogen and oxygen atoms in total. The third-order valence-corrected chi connectivity index (χ3v) is 4.49. The minimum atomic E-state index is -3.64. The Labute approximate surface area is 150 Å². The van der Waals surface area contributed by atoms with E-state index in [1.807, 2.05) is 6.07 Å². The molecule has 2 aromatic rings. The van der Waals surface area contributed by atoms with Gasteiger partial charge in [-0.3, -0.25) is 4.79 Å². The van der Waals surface area contributed by atoms with Crippen LogP contribution in [0, 0.1) is 5.82 Å². The van der Waals surface area contributed by atoms with Crippen molar-refractivity contribution in [2.75, 3.05) is 11.9 Å². The molecule has 0 spiro atoms. The topological polar surface area (TPSA) is 75.3 Å². The van der Waals surface area contributed by atoms with E-state index in [-0.39, 0.29) is 18.0 Å². The number of carbonyl (C=O) groups is 1. The molecule has 2 N–H and O–H groups in total. The van der Waals surface area contributed by atoms with Crippen molar-refractivity contribution in [3.63, 3.8) is 0 Å². The highest BCUT2D eigenvalue weighted by molar-refractivity contribution is 7.92. The quantitative estimate of drug-likeness (QED) is 0.770. The lowest BCUT2D eigenvalue weighted by Crippen LogP contribution is -2.26. The Kier molecular flexibility index (Phi) is 6.69. The second kappa shape index (κ2) is 8.75. The van der Waals surface area contributed by atoms with E-state index in [1.165, 1.54) is 18.2 Å². The van der Waals surface area contributed by atoms with Crippen LogP contribution < -0.4 is 10.0 Å². The van der Waals surface area contributed by atoms with Crippen LogP contribution >= 0.6 is 11.6 Å². The number of halogens is 2. The molecule has 0 saturated carbocycles. The van der Waals surface area contributed by atoms with E-state index < -0.39 is 21.7 Å². The van der Waals surface area contributed by atoms with Crippen molar-refractivity contribution >= 4 is 39.3 Å². The Morgan fingerprint density at radius 2 is 1.88 bits per heavy atom. The van der Waals surface area contributed by atoms with Crippen molar-refractivity contribution in [2.45, 2.75) is 6.42 Å². The highest BCUT2D eigenvalue weighted by Gasteiger charge is 2.08. The van der Waals surface area contributed by atoms with Gasteiger partial charge in [0.25, 0.3) is 0 Å². The van der Waals surface area contributed by atoms with Crippen LogP contribution in [0.25, 0.3) is 6.08 Å². The van der Waals surface area contributed by atoms with Crippen LogP contribution in [0.3, 0.4) is 0 Å². The van der Waals surface area contributed by atoms with Crippen LogP contribution in [-0.4, -0.2) is 20.9 Å². The Hall–Kier alpha value is -2.22. The number of amides is 1. The first-order chi connectivity index (χ1) is 11.9. The van der Waals surface area contributed by atoms with Crippen molar-refractivity contribution in [2.24, 2.45) is 0 Å². The van der Waals surface area contributed by atoms with Crippen LogP contribution in [0.2, 0.25) is 5.02 Å². The van der Waals surface area contributed by atoms with E-state index in [0.29, 0.717) is 5.69 Å². The Bertz CT molecular complexity index is 871. The van der Waals surface area contributed by atoms with Gasteiger partial charge in [0.05, 0.1) is 5.02 Å². The molecule has 2 rings (SSSR count). The molecule has 0 aliphatic carbocycles. The summed E-state index contributed by atoms with van der Waals surface area (Å²) in [5.74, 6) is -1.00. The van der Waals surface area contributed by atoms with Crippen molar-refractivity contribution in [3.8, 4) is 0 Å². The van der Waals surface area contributed by atoms with Gasteiger partial charge in [-0.25, -0.2) is 17.5 Å². The predicted octanol–water partition coefficient (Wildman–Crippen LogP) is 3.40. The summed E-state index contributed by atoms with van der Waals surface area (Å²) in [7, 11) is -3.64. The first-order valence-corrected chi connectivity index (χ1v) is 9.26. The third-order valence-electron chi connectivity index (χ3n) is 3.10. The summed E-state index contributed by atoms with van der Waals surface area (Å²) in [6.45, 7) is -0.0672. The molecule has 0 heterocycles. The lowest BCUT2D eigenvalue weighted by Gasteiger charge is -2.06. The molecule has 25 heavy (non-hydrogen) atoms. The minimum absolute atomic E-state index is 0.0672. The van der Waals surface area contributed by atoms with Crippen LogP contribution in [0.1, 0.15) is 12.0 Å². The smallest absolute Gasteiger partial charge is 0.233 e. The molecule has 8 heteroatoms. The zero-order chi connectivity index (χ0) is 18.3. The standard InChI is InChI=1S/C17H16ClFN2O3S/c18-15-12-14(6-7-16(15)19)21-17(22)8-10-20-25(23,24)11-9-13-4-2-1-3-5-13/h1-7,9,11-12,20H,8,10H2,(H,21,22). The summed E-state index contributed by atoms with van der Waals surface area (Å²) in [4.78, 5) is 11.8. The normalized spacial score (nSPS) is 11.6. The van der Waals surface area contributed by atoms with E-state index in [1.54, 1.807) is 24.3 Å². The molecule has 0 saturated heterocycles. The fourth-order valence-electron chi connectivity index (χ4n) is 1.88. The summed E-state index contributed by atoms with van der Waals surface area (Å²) < 4.78 is 39.0. The molecular weight excluding hydrogens is 367 g/mol. The molecule has 0 aliphatic rings. The van der Waals surface area contributed by atoms with Gasteiger partial charge in [0.2, 0.25) is 15.9 Å². The molecule has 1 amide bonds. The molecular formula is C17H16ClFN2O3S. The molecule has 0 aromatic heterocycles. The van der Waals surface area contributed by atoms with E-state index in [0.717, 1.165) is 17.0 Å². The summed E-state index contributed by atoms with van der Waals surface area (Å²) in [5, 5.41) is 3.45. The SMILES string of the molecule is O=C(CCNS(=O)(=O)C=Cc1ccccc1)Nc1ccc(F)c(Cl)c1. The zero-order valence-electron chi connectivity index (χ0n) is 13.1. The van der Waals surface area contributed by atoms with Gasteiger partial charge in [-0.2, -0.15) is 0 Å². The van der Waals surface area contributed by atoms with E-state index >= 15 is 0 Å². The van der Waals surface area contributed by atoms with Gasteiger partial charge in [-0.05, 0) is 29.8 Å². The Morgan fingerprint density at radius 1 is 1.16 bits per heavy atom. The van der Waals surface area contributed by atoms with E-state index in [9.17, 15) is 17.6 Å². The molecule has 2 aromatic carbocycles. The second-order valence-corrected chi connectivity index (χ2v) is 7.14. The van der Waals surface area contributed by atoms with Gasteiger partial charge in [0, 0.05) is 24.1 Å². The lowest BCUT2D eigenvalue weighted by molar-refractivity contribution is -0.116. The summed E-state index contributed by atoms with van der Waals surface area (Å²) >= 11 is 5.62. The van der Waals surface area contributed by atoms with Crippen LogP contribution in [0.5, 0.6) is 0 Å². The van der Waals surface area contributed by atoms with E-state index in [2.05, 4.69) is 10.0 Å². The van der Waals surface area contributed by atoms with Crippen molar-refractivity contribution in [1.29, 1.82) is 0 Å². The van der Waals surface area contributed by atoms with Crippen molar-refractivity contribution in [1.82, 2.24) is 4.72 Å². The fraction of sp³-hybridized carbons (Fsp3) is 0.118. The number of hydrogen-bond acceptors (Lipinski definition) is 3. The maximum atomic E-state index is 13.0. The molecule has 0 aliphatic heterocycles. The Balaban J connectivity index is 1.81. The van der Waals surface area contributed by atoms with Gasteiger partial charge in [0.15, 0.2) is 0 Å². The van der Waals surface area contributed by atoms with Gasteiger partial charge >= 0.3 is 0 Å². The molecule has 0 atom stereocenters. The van der Waals surface area contributed by atoms with Crippen molar-refractivity contribution in [3.05, 3.63) is 70.3 Å². The van der Waals surface area contributed by atoms with Crippen LogP contribution in [0.4, 0.5) is 10.1 Å². The van der Waals surface area contributed by atoms with Crippen molar-refractivity contribution < 1.29 is 17.6 Å². The maximum absolute atomic E-state index is 13.0. The summed E-state index contributed by atoms with van der Waals surface area (Å²) in [6.07, 6.45) is 1.39. The van der Waals surface area contributed by atoms with Gasteiger partial charge in [0.1, 0.15) is 5.82 Å². The van der Waals surface area contributed by atoms with Crippen LogP contribution in [-0.2, 0) is 14.8 Å². The number of benzene rings is 2. The zero-order valence-corrected chi connectivity index (χ0v) is 14.6. The molecule has 0 fully saturated rings. The fourth-order valence-corrected chi connectivity index (χ4v) is 2.88. The first-order valence-electron chi connectivity index (χ1n) is 7.33. The molecule has 0 unspecified atom stereocenters. The monoisotopic (exact) mass is 382 g/mol. The largest absolute Gasteiger partial charge is 0.326 e. The maximum Gasteiger partial charge on any atom is 0.233 e. The average Bonchev–Trinajstić information content (AvgIpc) is 2.57. The van der Waals surface area contributed by atoms with Gasteiger partial charge in [-0.15, -0.1) is 0 Å². The second-order valence-electron chi connectivity index (χ2n) is 5.08. The predicted molar refractivity (Wildman–Crippen MR) is 97.1 cm³/mol. The molecule has 0 radical (unpaired) electrons. The number of hydrogen-bond donors (Lipinski definition) is 2. The lowest BCUT2D eigenvalue weighted by atomic mass is 10.2. The average molecular weight is 383 g/mol. The third kappa shape index (κ3) is 6.66. The number of rotatable bonds is 7. The number of anilines is 1. The minimum Gasteiger partial charge on any atom is -0.326 e. The summed E-state index contributed by atoms with van der Waals surface area (Å²) in [6, 6.07) is 12.7. The van der Waals surface area contributed by atoms with Gasteiger partial charge < -0.3 is 5.32 Å².